The Morgan fingerprint density at radius 2 is 1.40 bits per heavy atom. The Morgan fingerprint density at radius 3 is 1.40 bits per heavy atom. The highest BCUT2D eigenvalue weighted by Gasteiger charge is 2.30. The first-order chi connectivity index (χ1) is 4.45. The first-order valence-electron chi connectivity index (χ1n) is 3.04. The predicted octanol–water partition coefficient (Wildman–Crippen LogP) is 1.52. The molecule has 62 valence electrons. The molecule has 0 aromatic heterocycles. The molecule has 0 atom stereocenters. The van der Waals surface area contributed by atoms with Gasteiger partial charge in [0, 0.05) is 0 Å². The number of thioether (sulfide) groups is 1. The van der Waals surface area contributed by atoms with Crippen LogP contribution in [0.1, 0.15) is 0 Å². The predicted molar refractivity (Wildman–Crippen MR) is 57.6 cm³/mol. The van der Waals surface area contributed by atoms with Crippen molar-refractivity contribution in [1.29, 1.82) is 0 Å². The summed E-state index contributed by atoms with van der Waals surface area (Å²) in [6.45, 7) is 0. The van der Waals surface area contributed by atoms with E-state index in [1.165, 1.54) is 0 Å². The molecule has 0 aliphatic rings. The fourth-order valence-corrected chi connectivity index (χ4v) is 1.50. The lowest BCUT2D eigenvalue weighted by atomic mass is 10.8. The molecule has 0 saturated heterocycles. The molecule has 0 aliphatic heterocycles. The van der Waals surface area contributed by atoms with Gasteiger partial charge in [0.2, 0.25) is 0 Å². The molecule has 0 aromatic rings. The Balaban J connectivity index is 4.23. The van der Waals surface area contributed by atoms with Crippen molar-refractivity contribution < 1.29 is 0 Å². The van der Waals surface area contributed by atoms with E-state index in [0.29, 0.717) is 0 Å². The largest absolute Gasteiger partial charge is 0.275 e. The van der Waals surface area contributed by atoms with Crippen LogP contribution < -0.4 is 0 Å². The topological polar surface area (TPSA) is 6.48 Å². The number of hydrogen-bond acceptors (Lipinski definition) is 3. The van der Waals surface area contributed by atoms with E-state index in [1.807, 2.05) is 11.8 Å². The van der Waals surface area contributed by atoms with Gasteiger partial charge in [-0.1, -0.05) is 0 Å². The quantitative estimate of drug-likeness (QED) is 0.333. The molecule has 4 heteroatoms. The summed E-state index contributed by atoms with van der Waals surface area (Å²) in [6, 6.07) is 0. The van der Waals surface area contributed by atoms with Gasteiger partial charge in [0.05, 0.1) is 0 Å². The molecule has 0 N–H and O–H groups in total. The zero-order valence-electron chi connectivity index (χ0n) is 7.18. The molecule has 0 spiro atoms. The highest BCUT2D eigenvalue weighted by Crippen LogP contribution is 2.34. The van der Waals surface area contributed by atoms with Gasteiger partial charge in [-0.05, 0) is 57.0 Å². The molecule has 0 amide bonds. The van der Waals surface area contributed by atoms with Crippen LogP contribution in [0.15, 0.2) is 0 Å². The summed E-state index contributed by atoms with van der Waals surface area (Å²) >= 11 is 4.26. The molecule has 0 bridgehead atoms. The highest BCUT2D eigenvalue weighted by atomic mass is 127. The van der Waals surface area contributed by atoms with Crippen molar-refractivity contribution in [3.63, 3.8) is 0 Å². The van der Waals surface area contributed by atoms with Crippen LogP contribution in [0.5, 0.6) is 0 Å². The van der Waals surface area contributed by atoms with Gasteiger partial charge in [0.15, 0.2) is 3.00 Å². The lowest BCUT2D eigenvalue weighted by Gasteiger charge is -2.38. The van der Waals surface area contributed by atoms with Gasteiger partial charge in [-0.2, -0.15) is 0 Å². The molecule has 0 unspecified atom stereocenters. The second kappa shape index (κ2) is 4.13. The van der Waals surface area contributed by atoms with Gasteiger partial charge in [-0.15, -0.1) is 11.8 Å². The summed E-state index contributed by atoms with van der Waals surface area (Å²) in [6.07, 6.45) is 2.12. The first kappa shape index (κ1) is 11.0. The van der Waals surface area contributed by atoms with Gasteiger partial charge in [0.25, 0.3) is 0 Å². The molecule has 0 aliphatic carbocycles. The van der Waals surface area contributed by atoms with Crippen molar-refractivity contribution in [1.82, 2.24) is 9.80 Å². The zero-order chi connectivity index (χ0) is 8.36. The maximum atomic E-state index is 2.43. The zero-order valence-corrected chi connectivity index (χ0v) is 10.2. The maximum absolute atomic E-state index is 2.43. The third kappa shape index (κ3) is 2.25. The van der Waals surface area contributed by atoms with E-state index in [0.717, 1.165) is 0 Å². The van der Waals surface area contributed by atoms with Crippen LogP contribution in [0.25, 0.3) is 0 Å². The van der Waals surface area contributed by atoms with E-state index >= 15 is 0 Å². The van der Waals surface area contributed by atoms with E-state index in [9.17, 15) is 0 Å². The summed E-state index contributed by atoms with van der Waals surface area (Å²) in [5, 5.41) is 0. The third-order valence-corrected chi connectivity index (χ3v) is 5.86. The van der Waals surface area contributed by atoms with Gasteiger partial charge in [-0.3, -0.25) is 9.80 Å². The van der Waals surface area contributed by atoms with Crippen molar-refractivity contribution in [3.8, 4) is 0 Å². The molecule has 0 rings (SSSR count). The monoisotopic (exact) mass is 274 g/mol. The number of hydrogen-bond donors (Lipinski definition) is 0. The molecular formula is C6H15IN2S. The summed E-state index contributed by atoms with van der Waals surface area (Å²) in [5.41, 5.74) is 0. The average molecular weight is 274 g/mol. The number of rotatable bonds is 3. The van der Waals surface area contributed by atoms with E-state index in [2.05, 4.69) is 66.8 Å². The molecular weight excluding hydrogens is 259 g/mol. The second-order valence-electron chi connectivity index (χ2n) is 2.52. The summed E-state index contributed by atoms with van der Waals surface area (Å²) in [4.78, 5) is 4.39. The van der Waals surface area contributed by atoms with Gasteiger partial charge in [-0.25, -0.2) is 0 Å². The van der Waals surface area contributed by atoms with Crippen molar-refractivity contribution in [3.05, 3.63) is 0 Å². The van der Waals surface area contributed by atoms with E-state index < -0.39 is 0 Å². The molecule has 2 nitrogen and oxygen atoms in total. The van der Waals surface area contributed by atoms with Gasteiger partial charge >= 0.3 is 0 Å². The Kier molecular flexibility index (Phi) is 4.55. The Hall–Kier alpha value is 1.00. The maximum Gasteiger partial charge on any atom is 0.174 e. The van der Waals surface area contributed by atoms with Crippen molar-refractivity contribution >= 4 is 34.4 Å². The fraction of sp³-hybridized carbons (Fsp3) is 1.00. The minimum absolute atomic E-state index is 0.0950. The van der Waals surface area contributed by atoms with Gasteiger partial charge < -0.3 is 0 Å². The Morgan fingerprint density at radius 1 is 1.10 bits per heavy atom. The number of alkyl halides is 1. The van der Waals surface area contributed by atoms with E-state index in [-0.39, 0.29) is 3.00 Å². The molecule has 0 radical (unpaired) electrons. The SMILES string of the molecule is CSC(I)(N(C)C)N(C)C. The van der Waals surface area contributed by atoms with Crippen LogP contribution in [-0.2, 0) is 0 Å². The van der Waals surface area contributed by atoms with Crippen molar-refractivity contribution in [2.75, 3.05) is 34.4 Å². The minimum atomic E-state index is 0.0950. The van der Waals surface area contributed by atoms with Crippen LogP contribution in [0.2, 0.25) is 0 Å². The van der Waals surface area contributed by atoms with Crippen LogP contribution in [0, 0.1) is 0 Å². The first-order valence-corrected chi connectivity index (χ1v) is 5.34. The van der Waals surface area contributed by atoms with E-state index in [4.69, 9.17) is 0 Å². The van der Waals surface area contributed by atoms with E-state index in [1.54, 1.807) is 0 Å². The smallest absolute Gasteiger partial charge is 0.174 e. The molecule has 0 aromatic carbocycles. The van der Waals surface area contributed by atoms with Gasteiger partial charge in [0.1, 0.15) is 0 Å². The lowest BCUT2D eigenvalue weighted by Crippen LogP contribution is -2.46. The summed E-state index contributed by atoms with van der Waals surface area (Å²) < 4.78 is 0.0950. The summed E-state index contributed by atoms with van der Waals surface area (Å²) in [7, 11) is 8.35. The Bertz CT molecular complexity index is 97.9. The minimum Gasteiger partial charge on any atom is -0.275 e. The number of nitrogens with zero attached hydrogens (tertiary/aromatic N) is 2. The normalized spacial score (nSPS) is 13.2. The molecule has 0 heterocycles. The van der Waals surface area contributed by atoms with Crippen LogP contribution in [0.4, 0.5) is 0 Å². The average Bonchev–Trinajstić information content (AvgIpc) is 1.85. The third-order valence-electron chi connectivity index (χ3n) is 1.36. The standard InChI is InChI=1S/C6H15IN2S/c1-8(2)6(7,10-5)9(3)4/h1-5H3. The lowest BCUT2D eigenvalue weighted by molar-refractivity contribution is 0.196. The van der Waals surface area contributed by atoms with Crippen LogP contribution in [-0.4, -0.2) is 47.2 Å². The summed E-state index contributed by atoms with van der Waals surface area (Å²) in [5.74, 6) is 0. The van der Waals surface area contributed by atoms with Crippen LogP contribution >= 0.6 is 34.4 Å². The Labute approximate surface area is 81.5 Å². The molecule has 0 saturated carbocycles. The molecule has 10 heavy (non-hydrogen) atoms. The highest BCUT2D eigenvalue weighted by molar-refractivity contribution is 14.1. The number of halogens is 1. The second-order valence-corrected chi connectivity index (χ2v) is 5.74. The fourth-order valence-electron chi connectivity index (χ4n) is 0.765. The van der Waals surface area contributed by atoms with Crippen LogP contribution in [0.3, 0.4) is 0 Å². The molecule has 0 fully saturated rings. The van der Waals surface area contributed by atoms with Crippen molar-refractivity contribution in [2.45, 2.75) is 3.00 Å². The van der Waals surface area contributed by atoms with Crippen molar-refractivity contribution in [2.24, 2.45) is 0 Å².